The Bertz CT molecular complexity index is 1110. The molecule has 8 nitrogen and oxygen atoms in total. The number of carbonyl (C=O) groups excluding carboxylic acids is 1. The van der Waals surface area contributed by atoms with E-state index >= 15 is 0 Å². The van der Waals surface area contributed by atoms with Gasteiger partial charge in [0.15, 0.2) is 0 Å². The summed E-state index contributed by atoms with van der Waals surface area (Å²) in [6.45, 7) is -0.141. The van der Waals surface area contributed by atoms with Crippen LogP contribution < -0.4 is 0 Å². The van der Waals surface area contributed by atoms with Crippen molar-refractivity contribution in [3.63, 3.8) is 0 Å². The molecule has 0 aliphatic heterocycles. The number of esters is 1. The van der Waals surface area contributed by atoms with E-state index in [1.807, 2.05) is 0 Å². The second kappa shape index (κ2) is 8.09. The fourth-order valence-electron chi connectivity index (χ4n) is 2.42. The molecule has 28 heavy (non-hydrogen) atoms. The molecule has 0 unspecified atom stereocenters. The fraction of sp³-hybridized carbons (Fsp3) is 0.167. The molecule has 0 aliphatic rings. The van der Waals surface area contributed by atoms with Gasteiger partial charge in [-0.15, -0.1) is 0 Å². The van der Waals surface area contributed by atoms with Crippen LogP contribution in [0.25, 0.3) is 11.4 Å². The first kappa shape index (κ1) is 20.0. The Kier molecular flexibility index (Phi) is 5.78. The first-order chi connectivity index (χ1) is 13.3. The van der Waals surface area contributed by atoms with E-state index in [9.17, 15) is 13.2 Å². The minimum atomic E-state index is -3.89. The zero-order valence-corrected chi connectivity index (χ0v) is 16.6. The van der Waals surface area contributed by atoms with Gasteiger partial charge >= 0.3 is 5.97 Å². The Morgan fingerprint density at radius 3 is 2.68 bits per heavy atom. The predicted octanol–water partition coefficient (Wildman–Crippen LogP) is 3.00. The largest absolute Gasteiger partial charge is 0.465 e. The summed E-state index contributed by atoms with van der Waals surface area (Å²) in [5.41, 5.74) is 0.789. The van der Waals surface area contributed by atoms with Gasteiger partial charge in [0, 0.05) is 17.6 Å². The van der Waals surface area contributed by atoms with E-state index in [4.69, 9.17) is 16.1 Å². The molecule has 3 aromatic rings. The summed E-state index contributed by atoms with van der Waals surface area (Å²) in [6.07, 6.45) is 0. The third-order valence-corrected chi connectivity index (χ3v) is 5.91. The third-order valence-electron chi connectivity index (χ3n) is 3.87. The molecule has 0 amide bonds. The highest BCUT2D eigenvalue weighted by Crippen LogP contribution is 2.22. The molecule has 0 fully saturated rings. The van der Waals surface area contributed by atoms with Crippen LogP contribution >= 0.6 is 11.6 Å². The lowest BCUT2D eigenvalue weighted by atomic mass is 10.2. The lowest BCUT2D eigenvalue weighted by Crippen LogP contribution is -2.26. The topological polar surface area (TPSA) is 103 Å². The molecule has 3 rings (SSSR count). The Balaban J connectivity index is 1.81. The molecule has 0 atom stereocenters. The van der Waals surface area contributed by atoms with Gasteiger partial charge in [-0.1, -0.05) is 35.0 Å². The molecule has 0 saturated heterocycles. The normalized spacial score (nSPS) is 11.6. The maximum Gasteiger partial charge on any atom is 0.337 e. The van der Waals surface area contributed by atoms with Gasteiger partial charge in [-0.2, -0.15) is 9.29 Å². The molecular formula is C18H16ClN3O5S. The van der Waals surface area contributed by atoms with Crippen molar-refractivity contribution in [1.82, 2.24) is 14.4 Å². The number of benzene rings is 2. The second-order valence-electron chi connectivity index (χ2n) is 5.80. The number of nitrogens with zero attached hydrogens (tertiary/aromatic N) is 3. The average Bonchev–Trinajstić information content (AvgIpc) is 3.16. The van der Waals surface area contributed by atoms with Crippen LogP contribution in [0.15, 0.2) is 57.9 Å². The summed E-state index contributed by atoms with van der Waals surface area (Å²) in [5.74, 6) is -0.205. The molecule has 146 valence electrons. The van der Waals surface area contributed by atoms with E-state index in [0.717, 1.165) is 4.31 Å². The summed E-state index contributed by atoms with van der Waals surface area (Å²) in [4.78, 5) is 15.8. The predicted molar refractivity (Wildman–Crippen MR) is 101 cm³/mol. The number of ether oxygens (including phenoxy) is 1. The fourth-order valence-corrected chi connectivity index (χ4v) is 3.78. The van der Waals surface area contributed by atoms with Gasteiger partial charge in [0.05, 0.1) is 24.1 Å². The lowest BCUT2D eigenvalue weighted by Gasteiger charge is -2.15. The van der Waals surface area contributed by atoms with Crippen LogP contribution in [0.1, 0.15) is 16.2 Å². The Morgan fingerprint density at radius 2 is 1.96 bits per heavy atom. The van der Waals surface area contributed by atoms with Crippen molar-refractivity contribution in [3.05, 3.63) is 65.0 Å². The van der Waals surface area contributed by atoms with Crippen LogP contribution in [-0.4, -0.2) is 43.0 Å². The van der Waals surface area contributed by atoms with Gasteiger partial charge in [-0.3, -0.25) is 0 Å². The number of sulfonamides is 1. The summed E-state index contributed by atoms with van der Waals surface area (Å²) >= 11 is 5.95. The van der Waals surface area contributed by atoms with Gasteiger partial charge in [0.2, 0.25) is 21.7 Å². The van der Waals surface area contributed by atoms with E-state index in [1.54, 1.807) is 24.3 Å². The zero-order chi connectivity index (χ0) is 20.3. The second-order valence-corrected chi connectivity index (χ2v) is 8.28. The SMILES string of the molecule is COC(=O)c1cccc(S(=O)(=O)N(C)Cc2nc(-c3cccc(Cl)c3)no2)c1. The molecule has 1 heterocycles. The van der Waals surface area contributed by atoms with Crippen LogP contribution in [0.4, 0.5) is 0 Å². The Morgan fingerprint density at radius 1 is 1.21 bits per heavy atom. The van der Waals surface area contributed by atoms with Crippen molar-refractivity contribution >= 4 is 27.6 Å². The minimum Gasteiger partial charge on any atom is -0.465 e. The molecule has 0 saturated carbocycles. The summed E-state index contributed by atoms with van der Waals surface area (Å²) in [7, 11) is -1.28. The maximum absolute atomic E-state index is 12.8. The first-order valence-electron chi connectivity index (χ1n) is 8.04. The minimum absolute atomic E-state index is 0.0486. The smallest absolute Gasteiger partial charge is 0.337 e. The number of hydrogen-bond acceptors (Lipinski definition) is 7. The van der Waals surface area contributed by atoms with Crippen molar-refractivity contribution in [2.24, 2.45) is 0 Å². The van der Waals surface area contributed by atoms with Crippen LogP contribution in [-0.2, 0) is 21.3 Å². The van der Waals surface area contributed by atoms with Crippen LogP contribution in [0, 0.1) is 0 Å². The standard InChI is InChI=1S/C18H16ClN3O5S/c1-22(28(24,25)15-8-4-6-13(10-15)18(23)26-2)11-16-20-17(21-27-16)12-5-3-7-14(19)9-12/h3-10H,11H2,1-2H3. The van der Waals surface area contributed by atoms with Crippen LogP contribution in [0.2, 0.25) is 5.02 Å². The lowest BCUT2D eigenvalue weighted by molar-refractivity contribution is 0.0600. The molecule has 0 radical (unpaired) electrons. The van der Waals surface area contributed by atoms with Crippen LogP contribution in [0.5, 0.6) is 0 Å². The van der Waals surface area contributed by atoms with Gasteiger partial charge in [0.1, 0.15) is 0 Å². The number of halogens is 1. The number of methoxy groups -OCH3 is 1. The number of rotatable bonds is 6. The van der Waals surface area contributed by atoms with Gasteiger partial charge in [-0.25, -0.2) is 13.2 Å². The highest BCUT2D eigenvalue weighted by molar-refractivity contribution is 7.89. The molecular weight excluding hydrogens is 406 g/mol. The number of carbonyl (C=O) groups is 1. The highest BCUT2D eigenvalue weighted by atomic mass is 35.5. The monoisotopic (exact) mass is 421 g/mol. The first-order valence-corrected chi connectivity index (χ1v) is 9.86. The highest BCUT2D eigenvalue weighted by Gasteiger charge is 2.24. The summed E-state index contributed by atoms with van der Waals surface area (Å²) in [5, 5.41) is 4.38. The number of aromatic nitrogens is 2. The van der Waals surface area contributed by atoms with Crippen molar-refractivity contribution in [2.75, 3.05) is 14.2 Å². The quantitative estimate of drug-likeness (QED) is 0.563. The molecule has 0 aliphatic carbocycles. The summed E-state index contributed by atoms with van der Waals surface area (Å²) < 4.78 is 36.4. The van der Waals surface area contributed by atoms with Crippen molar-refractivity contribution in [2.45, 2.75) is 11.4 Å². The molecule has 0 spiro atoms. The Labute approximate surface area is 166 Å². The maximum atomic E-state index is 12.8. The van der Waals surface area contributed by atoms with Crippen LogP contribution in [0.3, 0.4) is 0 Å². The van der Waals surface area contributed by atoms with E-state index < -0.39 is 16.0 Å². The molecule has 0 bridgehead atoms. The zero-order valence-electron chi connectivity index (χ0n) is 15.0. The van der Waals surface area contributed by atoms with Crippen molar-refractivity contribution in [1.29, 1.82) is 0 Å². The van der Waals surface area contributed by atoms with E-state index in [0.29, 0.717) is 16.4 Å². The average molecular weight is 422 g/mol. The molecule has 1 aromatic heterocycles. The van der Waals surface area contributed by atoms with Gasteiger partial charge in [-0.05, 0) is 30.3 Å². The summed E-state index contributed by atoms with van der Waals surface area (Å²) in [6, 6.07) is 12.5. The van der Waals surface area contributed by atoms with E-state index in [-0.39, 0.29) is 22.9 Å². The van der Waals surface area contributed by atoms with E-state index in [2.05, 4.69) is 14.9 Å². The Hall–Kier alpha value is -2.75. The number of hydrogen-bond donors (Lipinski definition) is 0. The van der Waals surface area contributed by atoms with Crippen molar-refractivity contribution in [3.8, 4) is 11.4 Å². The van der Waals surface area contributed by atoms with Gasteiger partial charge < -0.3 is 9.26 Å². The third kappa shape index (κ3) is 4.22. The molecule has 2 aromatic carbocycles. The van der Waals surface area contributed by atoms with Crippen molar-refractivity contribution < 1.29 is 22.5 Å². The molecule has 10 heteroatoms. The molecule has 0 N–H and O–H groups in total. The van der Waals surface area contributed by atoms with E-state index in [1.165, 1.54) is 38.4 Å². The van der Waals surface area contributed by atoms with Gasteiger partial charge in [0.25, 0.3) is 0 Å².